The third-order valence-corrected chi connectivity index (χ3v) is 2.13. The highest BCUT2D eigenvalue weighted by molar-refractivity contribution is 7.90. The molecule has 0 aliphatic heterocycles. The smallest absolute Gasteiger partial charge is 0.293 e. The molecule has 0 saturated heterocycles. The zero-order chi connectivity index (χ0) is 8.48. The molecule has 1 aliphatic rings. The fraction of sp³-hybridized carbons (Fsp3) is 0.167. The van der Waals surface area contributed by atoms with Gasteiger partial charge in [0.1, 0.15) is 4.91 Å². The summed E-state index contributed by atoms with van der Waals surface area (Å²) in [5.74, 6) is -0.637. The van der Waals surface area contributed by atoms with Crippen LogP contribution >= 0.6 is 0 Å². The van der Waals surface area contributed by atoms with Crippen LogP contribution in [0.2, 0.25) is 0 Å². The van der Waals surface area contributed by atoms with Gasteiger partial charge in [-0.1, -0.05) is 16.7 Å². The second-order valence-electron chi connectivity index (χ2n) is 2.04. The van der Waals surface area contributed by atoms with Crippen molar-refractivity contribution in [2.24, 2.45) is 0 Å². The molecular formula is C6H5O4S. The summed E-state index contributed by atoms with van der Waals surface area (Å²) in [4.78, 5) is 10.1. The van der Waals surface area contributed by atoms with Crippen LogP contribution in [0, 0.1) is 0 Å². The summed E-state index contributed by atoms with van der Waals surface area (Å²) in [6, 6.07) is 0. The number of carbonyl (C=O) groups excluding carboxylic acids is 1. The summed E-state index contributed by atoms with van der Waals surface area (Å²) in [6.45, 7) is 0. The molecule has 1 radical (unpaired) electrons. The molecule has 0 heterocycles. The van der Waals surface area contributed by atoms with Crippen LogP contribution in [0.25, 0.3) is 0 Å². The van der Waals surface area contributed by atoms with Crippen LogP contribution in [0.4, 0.5) is 0 Å². The Hall–Kier alpha value is -0.940. The molecule has 0 bridgehead atoms. The van der Waals surface area contributed by atoms with Crippen molar-refractivity contribution in [3.05, 3.63) is 23.1 Å². The van der Waals surface area contributed by atoms with E-state index in [0.717, 1.165) is 6.08 Å². The van der Waals surface area contributed by atoms with E-state index in [1.807, 2.05) is 0 Å². The van der Waals surface area contributed by atoms with Crippen molar-refractivity contribution in [1.29, 1.82) is 0 Å². The first-order valence-electron chi connectivity index (χ1n) is 2.88. The summed E-state index contributed by atoms with van der Waals surface area (Å²) in [5.41, 5.74) is 0. The summed E-state index contributed by atoms with van der Waals surface area (Å²) in [7, 11) is -4.56. The lowest BCUT2D eigenvalue weighted by Crippen LogP contribution is -2.12. The molecule has 1 aliphatic carbocycles. The van der Waals surface area contributed by atoms with E-state index in [4.69, 9.17) is 0 Å². The third kappa shape index (κ3) is 1.75. The quantitative estimate of drug-likeness (QED) is 0.567. The summed E-state index contributed by atoms with van der Waals surface area (Å²) >= 11 is 0. The fourth-order valence-corrected chi connectivity index (χ4v) is 1.35. The molecule has 0 N–H and O–H groups in total. The maximum Gasteiger partial charge on any atom is 0.327 e. The van der Waals surface area contributed by atoms with Gasteiger partial charge in [0.2, 0.25) is 0 Å². The van der Waals surface area contributed by atoms with Crippen LogP contribution in [-0.4, -0.2) is 14.2 Å². The van der Waals surface area contributed by atoms with Gasteiger partial charge < -0.3 is 0 Å². The highest BCUT2D eigenvalue weighted by Gasteiger charge is 2.23. The van der Waals surface area contributed by atoms with Gasteiger partial charge in [-0.15, -0.1) is 0 Å². The molecule has 59 valence electrons. The molecule has 0 unspecified atom stereocenters. The van der Waals surface area contributed by atoms with E-state index in [-0.39, 0.29) is 6.42 Å². The van der Waals surface area contributed by atoms with Gasteiger partial charge in [0.05, 0.1) is 0 Å². The van der Waals surface area contributed by atoms with Crippen molar-refractivity contribution in [2.75, 3.05) is 0 Å². The summed E-state index contributed by atoms with van der Waals surface area (Å²) < 4.78 is 31.0. The second kappa shape index (κ2) is 2.60. The van der Waals surface area contributed by atoms with Gasteiger partial charge in [0.15, 0.2) is 5.78 Å². The van der Waals surface area contributed by atoms with E-state index in [9.17, 15) is 17.8 Å². The molecule has 1 rings (SSSR count). The molecule has 0 amide bonds. The number of allylic oxidation sites excluding steroid dienone is 4. The van der Waals surface area contributed by atoms with E-state index in [2.05, 4.69) is 0 Å². The minimum Gasteiger partial charge on any atom is -0.293 e. The van der Waals surface area contributed by atoms with E-state index >= 15 is 0 Å². The Morgan fingerprint density at radius 1 is 1.36 bits per heavy atom. The van der Waals surface area contributed by atoms with Gasteiger partial charge in [-0.25, -0.2) is 0 Å². The van der Waals surface area contributed by atoms with Gasteiger partial charge in [-0.05, 0) is 6.08 Å². The van der Waals surface area contributed by atoms with E-state index in [0.29, 0.717) is 0 Å². The Balaban J connectivity index is 3.14. The zero-order valence-corrected chi connectivity index (χ0v) is 6.30. The van der Waals surface area contributed by atoms with Gasteiger partial charge in [0, 0.05) is 6.42 Å². The van der Waals surface area contributed by atoms with Crippen molar-refractivity contribution >= 4 is 15.9 Å². The molecule has 0 atom stereocenters. The van der Waals surface area contributed by atoms with Crippen LogP contribution in [-0.2, 0) is 19.5 Å². The summed E-state index contributed by atoms with van der Waals surface area (Å²) in [5, 5.41) is 0. The van der Waals surface area contributed by atoms with Crippen LogP contribution < -0.4 is 0 Å². The third-order valence-electron chi connectivity index (χ3n) is 1.23. The lowest BCUT2D eigenvalue weighted by Gasteiger charge is -2.01. The Morgan fingerprint density at radius 3 is 2.36 bits per heavy atom. The average Bonchev–Trinajstić information content (AvgIpc) is 1.86. The Morgan fingerprint density at radius 2 is 2.00 bits per heavy atom. The van der Waals surface area contributed by atoms with E-state index in [1.54, 1.807) is 0 Å². The first-order valence-corrected chi connectivity index (χ1v) is 4.28. The number of carbonyl (C=O) groups is 1. The van der Waals surface area contributed by atoms with Crippen LogP contribution in [0.3, 0.4) is 0 Å². The van der Waals surface area contributed by atoms with E-state index < -0.39 is 20.8 Å². The molecule has 4 nitrogen and oxygen atoms in total. The monoisotopic (exact) mass is 173 g/mol. The van der Waals surface area contributed by atoms with Gasteiger partial charge in [0.25, 0.3) is 0 Å². The number of ketones is 1. The average molecular weight is 173 g/mol. The summed E-state index contributed by atoms with van der Waals surface area (Å²) in [6.07, 6.45) is 3.89. The minimum atomic E-state index is -4.56. The first-order chi connectivity index (χ1) is 5.02. The van der Waals surface area contributed by atoms with Gasteiger partial charge in [-0.2, -0.15) is 8.42 Å². The lowest BCUT2D eigenvalue weighted by molar-refractivity contribution is -0.114. The standard InChI is InChI=1S/C6H5O4S/c7-5-3-1-2-4-6(5)11(8,9)10/h1-2,4H,3H2. The number of Topliss-reactive ketones (excluding diaryl/α,β-unsaturated/α-hetero) is 1. The molecule has 0 fully saturated rings. The second-order valence-corrected chi connectivity index (χ2v) is 3.39. The van der Waals surface area contributed by atoms with Crippen molar-refractivity contribution in [3.8, 4) is 0 Å². The molecule has 11 heavy (non-hydrogen) atoms. The predicted molar refractivity (Wildman–Crippen MR) is 36.5 cm³/mol. The highest BCUT2D eigenvalue weighted by atomic mass is 32.2. The topological polar surface area (TPSA) is 71.1 Å². The largest absolute Gasteiger partial charge is 0.327 e. The molecule has 0 aromatic rings. The number of hydrogen-bond donors (Lipinski definition) is 0. The van der Waals surface area contributed by atoms with Crippen molar-refractivity contribution in [1.82, 2.24) is 0 Å². The van der Waals surface area contributed by atoms with Crippen LogP contribution in [0.1, 0.15) is 6.42 Å². The normalized spacial score (nSPS) is 18.3. The molecule has 0 spiro atoms. The fourth-order valence-electron chi connectivity index (χ4n) is 0.747. The van der Waals surface area contributed by atoms with Gasteiger partial charge >= 0.3 is 10.1 Å². The van der Waals surface area contributed by atoms with Crippen molar-refractivity contribution in [3.63, 3.8) is 0 Å². The van der Waals surface area contributed by atoms with Crippen LogP contribution in [0.5, 0.6) is 0 Å². The first kappa shape index (κ1) is 8.16. The van der Waals surface area contributed by atoms with Crippen molar-refractivity contribution < 1.29 is 17.8 Å². The minimum absolute atomic E-state index is 0.00664. The Kier molecular flexibility index (Phi) is 1.92. The lowest BCUT2D eigenvalue weighted by atomic mass is 10.2. The SMILES string of the molecule is [O]S(=O)(=O)C1=CC=CCC1=O. The molecule has 0 aromatic heterocycles. The zero-order valence-electron chi connectivity index (χ0n) is 5.48. The molecule has 0 saturated carbocycles. The molecular weight excluding hydrogens is 168 g/mol. The number of rotatable bonds is 1. The predicted octanol–water partition coefficient (Wildman–Crippen LogP) is 0.160. The van der Waals surface area contributed by atoms with Crippen molar-refractivity contribution in [2.45, 2.75) is 6.42 Å². The Bertz CT molecular complexity index is 334. The van der Waals surface area contributed by atoms with Gasteiger partial charge in [-0.3, -0.25) is 4.79 Å². The highest BCUT2D eigenvalue weighted by Crippen LogP contribution is 2.13. The maximum atomic E-state index is 10.7. The Labute approximate surface area is 64.0 Å². The van der Waals surface area contributed by atoms with Crippen LogP contribution in [0.15, 0.2) is 23.1 Å². The number of hydrogen-bond acceptors (Lipinski definition) is 3. The molecule has 5 heteroatoms. The van der Waals surface area contributed by atoms with E-state index in [1.165, 1.54) is 12.2 Å². The maximum absolute atomic E-state index is 10.7. The molecule has 0 aromatic carbocycles.